The predicted octanol–water partition coefficient (Wildman–Crippen LogP) is 4.19. The summed E-state index contributed by atoms with van der Waals surface area (Å²) < 4.78 is 5.46. The van der Waals surface area contributed by atoms with E-state index in [2.05, 4.69) is 30.9 Å². The Bertz CT molecular complexity index is 413. The summed E-state index contributed by atoms with van der Waals surface area (Å²) in [5.74, 6) is 1.42. The van der Waals surface area contributed by atoms with Crippen LogP contribution >= 0.6 is 11.6 Å². The molecular weight excluding hydrogens is 258 g/mol. The quantitative estimate of drug-likeness (QED) is 0.750. The molecule has 0 bridgehead atoms. The third kappa shape index (κ3) is 3.64. The topological polar surface area (TPSA) is 12.5 Å². The number of likely N-dealkylation sites (tertiary alicyclic amines) is 1. The molecule has 0 aromatic heterocycles. The van der Waals surface area contributed by atoms with Crippen LogP contribution in [-0.4, -0.2) is 31.6 Å². The summed E-state index contributed by atoms with van der Waals surface area (Å²) >= 11 is 6.63. The zero-order valence-electron chi connectivity index (χ0n) is 12.2. The van der Waals surface area contributed by atoms with Gasteiger partial charge < -0.3 is 9.64 Å². The van der Waals surface area contributed by atoms with E-state index in [4.69, 9.17) is 16.3 Å². The van der Waals surface area contributed by atoms with Gasteiger partial charge in [-0.05, 0) is 43.5 Å². The Kier molecular flexibility index (Phi) is 5.12. The lowest BCUT2D eigenvalue weighted by Gasteiger charge is -2.21. The molecular formula is C16H24ClNO. The van der Waals surface area contributed by atoms with Crippen LogP contribution in [0.3, 0.4) is 0 Å². The van der Waals surface area contributed by atoms with Crippen molar-refractivity contribution in [2.75, 3.05) is 26.7 Å². The zero-order valence-corrected chi connectivity index (χ0v) is 12.9. The second kappa shape index (κ2) is 6.62. The highest BCUT2D eigenvalue weighted by Crippen LogP contribution is 2.33. The van der Waals surface area contributed by atoms with Crippen LogP contribution in [0.2, 0.25) is 0 Å². The lowest BCUT2D eigenvalue weighted by atomic mass is 9.98. The largest absolute Gasteiger partial charge is 0.496 e. The average molecular weight is 282 g/mol. The fourth-order valence-corrected chi connectivity index (χ4v) is 3.01. The fourth-order valence-electron chi connectivity index (χ4n) is 2.65. The van der Waals surface area contributed by atoms with Crippen LogP contribution in [0.4, 0.5) is 0 Å². The van der Waals surface area contributed by atoms with Crippen molar-refractivity contribution in [1.82, 2.24) is 4.90 Å². The molecule has 1 saturated heterocycles. The van der Waals surface area contributed by atoms with Crippen LogP contribution in [-0.2, 0) is 0 Å². The number of hydrogen-bond donors (Lipinski definition) is 0. The van der Waals surface area contributed by atoms with E-state index in [9.17, 15) is 0 Å². The van der Waals surface area contributed by atoms with Gasteiger partial charge in [0.15, 0.2) is 0 Å². The average Bonchev–Trinajstić information content (AvgIpc) is 2.90. The molecule has 1 unspecified atom stereocenters. The molecule has 1 atom stereocenters. The normalized spacial score (nSPS) is 17.9. The minimum atomic E-state index is 0.00625. The second-order valence-electron chi connectivity index (χ2n) is 5.63. The first-order valence-electron chi connectivity index (χ1n) is 7.16. The van der Waals surface area contributed by atoms with Gasteiger partial charge in [-0.1, -0.05) is 26.0 Å². The van der Waals surface area contributed by atoms with E-state index in [1.807, 2.05) is 6.07 Å². The molecule has 0 N–H and O–H groups in total. The summed E-state index contributed by atoms with van der Waals surface area (Å²) in [7, 11) is 1.72. The lowest BCUT2D eigenvalue weighted by molar-refractivity contribution is 0.334. The summed E-state index contributed by atoms with van der Waals surface area (Å²) in [6.45, 7) is 7.68. The molecule has 106 valence electrons. The first kappa shape index (κ1) is 14.7. The molecule has 19 heavy (non-hydrogen) atoms. The number of rotatable bonds is 5. The minimum absolute atomic E-state index is 0.00625. The monoisotopic (exact) mass is 281 g/mol. The van der Waals surface area contributed by atoms with Crippen LogP contribution in [0.25, 0.3) is 0 Å². The Labute approximate surface area is 121 Å². The highest BCUT2D eigenvalue weighted by Gasteiger charge is 2.20. The van der Waals surface area contributed by atoms with E-state index in [-0.39, 0.29) is 5.38 Å². The lowest BCUT2D eigenvalue weighted by Crippen LogP contribution is -2.23. The number of benzene rings is 1. The molecule has 1 aliphatic rings. The van der Waals surface area contributed by atoms with Gasteiger partial charge in [0.05, 0.1) is 12.5 Å². The highest BCUT2D eigenvalue weighted by molar-refractivity contribution is 6.21. The van der Waals surface area contributed by atoms with E-state index in [1.165, 1.54) is 31.5 Å². The fraction of sp³-hybridized carbons (Fsp3) is 0.625. The Balaban J connectivity index is 2.17. The van der Waals surface area contributed by atoms with Crippen molar-refractivity contribution in [2.24, 2.45) is 0 Å². The van der Waals surface area contributed by atoms with Crippen molar-refractivity contribution < 1.29 is 4.74 Å². The highest BCUT2D eigenvalue weighted by atomic mass is 35.5. The molecule has 2 rings (SSSR count). The maximum absolute atomic E-state index is 6.63. The Morgan fingerprint density at radius 2 is 1.95 bits per heavy atom. The summed E-state index contributed by atoms with van der Waals surface area (Å²) in [6, 6.07) is 6.38. The molecule has 1 heterocycles. The van der Waals surface area contributed by atoms with Crippen molar-refractivity contribution in [2.45, 2.75) is 38.0 Å². The molecule has 2 nitrogen and oxygen atoms in total. The molecule has 0 aliphatic carbocycles. The number of ether oxygens (including phenoxy) is 1. The first-order chi connectivity index (χ1) is 9.11. The summed E-state index contributed by atoms with van der Waals surface area (Å²) in [5, 5.41) is 0.00625. The van der Waals surface area contributed by atoms with Crippen LogP contribution in [0, 0.1) is 0 Å². The maximum atomic E-state index is 6.63. The molecule has 1 fully saturated rings. The van der Waals surface area contributed by atoms with Gasteiger partial charge in [-0.3, -0.25) is 0 Å². The second-order valence-corrected chi connectivity index (χ2v) is 6.16. The van der Waals surface area contributed by atoms with Gasteiger partial charge in [-0.25, -0.2) is 0 Å². The van der Waals surface area contributed by atoms with E-state index in [0.717, 1.165) is 17.9 Å². The standard InChI is InChI=1S/C16H24ClNO/c1-12(2)13-6-7-16(19-3)14(10-13)15(17)11-18-8-4-5-9-18/h6-7,10,12,15H,4-5,8-9,11H2,1-3H3. The van der Waals surface area contributed by atoms with E-state index in [1.54, 1.807) is 7.11 Å². The molecule has 1 aromatic carbocycles. The number of methoxy groups -OCH3 is 1. The Morgan fingerprint density at radius 1 is 1.26 bits per heavy atom. The van der Waals surface area contributed by atoms with Crippen molar-refractivity contribution in [3.05, 3.63) is 29.3 Å². The summed E-state index contributed by atoms with van der Waals surface area (Å²) in [4.78, 5) is 2.44. The Hall–Kier alpha value is -0.730. The number of halogens is 1. The number of alkyl halides is 1. The molecule has 0 amide bonds. The minimum Gasteiger partial charge on any atom is -0.496 e. The summed E-state index contributed by atoms with van der Waals surface area (Å²) in [5.41, 5.74) is 2.45. The number of nitrogens with zero attached hydrogens (tertiary/aromatic N) is 1. The van der Waals surface area contributed by atoms with Crippen LogP contribution in [0.15, 0.2) is 18.2 Å². The Morgan fingerprint density at radius 3 is 2.53 bits per heavy atom. The van der Waals surface area contributed by atoms with Crippen LogP contribution in [0.1, 0.15) is 49.1 Å². The van der Waals surface area contributed by atoms with Gasteiger partial charge in [-0.2, -0.15) is 0 Å². The zero-order chi connectivity index (χ0) is 13.8. The van der Waals surface area contributed by atoms with Crippen LogP contribution < -0.4 is 4.74 Å². The van der Waals surface area contributed by atoms with Crippen molar-refractivity contribution in [1.29, 1.82) is 0 Å². The summed E-state index contributed by atoms with van der Waals surface area (Å²) in [6.07, 6.45) is 2.60. The molecule has 1 aromatic rings. The molecule has 0 saturated carbocycles. The van der Waals surface area contributed by atoms with E-state index < -0.39 is 0 Å². The van der Waals surface area contributed by atoms with Crippen molar-refractivity contribution in [3.8, 4) is 5.75 Å². The van der Waals surface area contributed by atoms with Crippen LogP contribution in [0.5, 0.6) is 5.75 Å². The third-order valence-electron chi connectivity index (χ3n) is 3.88. The van der Waals surface area contributed by atoms with E-state index >= 15 is 0 Å². The number of hydrogen-bond acceptors (Lipinski definition) is 2. The van der Waals surface area contributed by atoms with Gasteiger partial charge in [0.25, 0.3) is 0 Å². The van der Waals surface area contributed by atoms with E-state index in [0.29, 0.717) is 5.92 Å². The maximum Gasteiger partial charge on any atom is 0.123 e. The van der Waals surface area contributed by atoms with Gasteiger partial charge in [0.1, 0.15) is 5.75 Å². The predicted molar refractivity (Wildman–Crippen MR) is 81.4 cm³/mol. The van der Waals surface area contributed by atoms with Crippen molar-refractivity contribution in [3.63, 3.8) is 0 Å². The molecule has 3 heteroatoms. The van der Waals surface area contributed by atoms with Gasteiger partial charge in [0, 0.05) is 12.1 Å². The first-order valence-corrected chi connectivity index (χ1v) is 7.59. The molecule has 0 radical (unpaired) electrons. The van der Waals surface area contributed by atoms with Gasteiger partial charge in [-0.15, -0.1) is 11.6 Å². The smallest absolute Gasteiger partial charge is 0.123 e. The van der Waals surface area contributed by atoms with Gasteiger partial charge in [0.2, 0.25) is 0 Å². The molecule has 0 spiro atoms. The van der Waals surface area contributed by atoms with Gasteiger partial charge >= 0.3 is 0 Å². The van der Waals surface area contributed by atoms with Crippen molar-refractivity contribution >= 4 is 11.6 Å². The molecule has 1 aliphatic heterocycles. The third-order valence-corrected chi connectivity index (χ3v) is 4.25. The SMILES string of the molecule is COc1ccc(C(C)C)cc1C(Cl)CN1CCCC1.